The van der Waals surface area contributed by atoms with Crippen LogP contribution in [0.15, 0.2) is 59.6 Å². The zero-order chi connectivity index (χ0) is 32.1. The molecule has 4 atom stereocenters. The van der Waals surface area contributed by atoms with Crippen molar-refractivity contribution in [2.75, 3.05) is 25.7 Å². The molecule has 0 unspecified atom stereocenters. The monoisotopic (exact) mass is 643 g/mol. The number of carboxylic acids is 1. The van der Waals surface area contributed by atoms with E-state index in [1.807, 2.05) is 25.7 Å². The maximum Gasteiger partial charge on any atom is 0.339 e. The summed E-state index contributed by atoms with van der Waals surface area (Å²) in [4.78, 5) is 34.2. The van der Waals surface area contributed by atoms with Crippen molar-refractivity contribution >= 4 is 47.0 Å². The first kappa shape index (κ1) is 31.9. The molecule has 0 radical (unpaired) electrons. The molecular formula is C33H33Cl2F2N3O4. The van der Waals surface area contributed by atoms with Gasteiger partial charge >= 0.3 is 5.97 Å². The third-order valence-corrected chi connectivity index (χ3v) is 9.08. The lowest BCUT2D eigenvalue weighted by atomic mass is 9.62. The van der Waals surface area contributed by atoms with Crippen molar-refractivity contribution in [3.8, 4) is 5.75 Å². The molecule has 2 heterocycles. The topological polar surface area (TPSA) is 82.4 Å². The highest BCUT2D eigenvalue weighted by molar-refractivity contribution is 6.31. The molecule has 1 N–H and O–H groups in total. The van der Waals surface area contributed by atoms with Gasteiger partial charge in [-0.2, -0.15) is 0 Å². The fraction of sp³-hybridized carbons (Fsp3) is 0.364. The fourth-order valence-corrected chi connectivity index (χ4v) is 7.26. The summed E-state index contributed by atoms with van der Waals surface area (Å²) >= 11 is 12.5. The molecule has 11 heteroatoms. The van der Waals surface area contributed by atoms with Crippen molar-refractivity contribution < 1.29 is 28.2 Å². The van der Waals surface area contributed by atoms with E-state index >= 15 is 8.78 Å². The third-order valence-electron chi connectivity index (χ3n) is 8.55. The Balaban J connectivity index is 1.79. The summed E-state index contributed by atoms with van der Waals surface area (Å²) < 4.78 is 37.5. The summed E-state index contributed by atoms with van der Waals surface area (Å²) in [6.45, 7) is 6.22. The van der Waals surface area contributed by atoms with Gasteiger partial charge in [0.2, 0.25) is 5.91 Å². The number of halogens is 4. The third kappa shape index (κ3) is 5.25. The van der Waals surface area contributed by atoms with Crippen LogP contribution in [0, 0.1) is 17.0 Å². The highest BCUT2D eigenvalue weighted by atomic mass is 35.5. The molecule has 1 amide bonds. The molecule has 44 heavy (non-hydrogen) atoms. The molecule has 2 aliphatic heterocycles. The largest absolute Gasteiger partial charge is 0.496 e. The molecular weight excluding hydrogens is 611 g/mol. The van der Waals surface area contributed by atoms with Crippen LogP contribution in [0.1, 0.15) is 54.6 Å². The minimum absolute atomic E-state index is 0.0516. The van der Waals surface area contributed by atoms with E-state index in [-0.39, 0.29) is 50.5 Å². The molecule has 0 spiro atoms. The number of hydrogen-bond acceptors (Lipinski definition) is 5. The van der Waals surface area contributed by atoms with Crippen LogP contribution in [0.2, 0.25) is 10.0 Å². The standard InChI is InChI=1S/C33H33Cl2F2N3O4/c1-32(2,3)15-26-33(16-38-4,22-12-9-18(34)13-24(22)36)27(21-7-6-8-23(35)28(21)37)29-30(41)39(17-40(26)29)19-10-11-20(31(42)43)25(14-19)44-5/h6-14,16,26-27,29H,15,17H2,1-5H3,(H,42,43)/t26-,27-,29+,33-/m0/s1. The van der Waals surface area contributed by atoms with Gasteiger partial charge in [-0.25, -0.2) is 13.6 Å². The summed E-state index contributed by atoms with van der Waals surface area (Å²) in [5.74, 6) is -3.68. The Morgan fingerprint density at radius 1 is 1.16 bits per heavy atom. The number of methoxy groups -OCH3 is 1. The number of aliphatic imine (C=N–C) groups is 1. The highest BCUT2D eigenvalue weighted by Gasteiger charge is 2.66. The Kier molecular flexibility index (Phi) is 8.52. The molecule has 0 bridgehead atoms. The van der Waals surface area contributed by atoms with Crippen molar-refractivity contribution in [1.29, 1.82) is 0 Å². The minimum atomic E-state index is -1.31. The summed E-state index contributed by atoms with van der Waals surface area (Å²) in [5, 5.41) is 9.66. The Morgan fingerprint density at radius 2 is 1.89 bits per heavy atom. The van der Waals surface area contributed by atoms with Gasteiger partial charge in [0.25, 0.3) is 0 Å². The van der Waals surface area contributed by atoms with Crippen LogP contribution in [0.5, 0.6) is 5.75 Å². The second-order valence-electron chi connectivity index (χ2n) is 12.4. The highest BCUT2D eigenvalue weighted by Crippen LogP contribution is 2.58. The smallest absolute Gasteiger partial charge is 0.339 e. The van der Waals surface area contributed by atoms with E-state index in [1.54, 1.807) is 43.6 Å². The fourth-order valence-electron chi connectivity index (χ4n) is 6.92. The van der Waals surface area contributed by atoms with Crippen LogP contribution < -0.4 is 9.64 Å². The van der Waals surface area contributed by atoms with E-state index < -0.39 is 41.0 Å². The van der Waals surface area contributed by atoms with E-state index in [0.29, 0.717) is 12.1 Å². The number of ether oxygens (including phenoxy) is 1. The average molecular weight is 645 g/mol. The molecule has 2 saturated heterocycles. The zero-order valence-electron chi connectivity index (χ0n) is 24.9. The van der Waals surface area contributed by atoms with Crippen LogP contribution in [-0.2, 0) is 10.2 Å². The Morgan fingerprint density at radius 3 is 2.50 bits per heavy atom. The van der Waals surface area contributed by atoms with Gasteiger partial charge in [-0.05, 0) is 47.7 Å². The number of anilines is 1. The van der Waals surface area contributed by atoms with E-state index in [0.717, 1.165) is 0 Å². The Bertz CT molecular complexity index is 1660. The summed E-state index contributed by atoms with van der Waals surface area (Å²) in [5.41, 5.74) is -0.850. The predicted molar refractivity (Wildman–Crippen MR) is 167 cm³/mol. The van der Waals surface area contributed by atoms with Crippen LogP contribution >= 0.6 is 23.2 Å². The predicted octanol–water partition coefficient (Wildman–Crippen LogP) is 7.19. The molecule has 0 aromatic heterocycles. The van der Waals surface area contributed by atoms with Gasteiger partial charge in [0.1, 0.15) is 22.9 Å². The molecule has 2 fully saturated rings. The van der Waals surface area contributed by atoms with Gasteiger partial charge in [0, 0.05) is 47.6 Å². The van der Waals surface area contributed by atoms with E-state index in [9.17, 15) is 14.7 Å². The van der Waals surface area contributed by atoms with E-state index in [1.165, 1.54) is 36.3 Å². The van der Waals surface area contributed by atoms with Crippen molar-refractivity contribution in [1.82, 2.24) is 4.90 Å². The number of carbonyl (C=O) groups excluding carboxylic acids is 1. The van der Waals surface area contributed by atoms with Crippen molar-refractivity contribution in [3.63, 3.8) is 0 Å². The maximum absolute atomic E-state index is 16.1. The van der Waals surface area contributed by atoms with Gasteiger partial charge in [-0.15, -0.1) is 0 Å². The zero-order valence-corrected chi connectivity index (χ0v) is 26.5. The SMILES string of the molecule is CN=C[C@]1(c2ccc(Cl)cc2F)[C@H](CC(C)(C)C)N2CN(c3ccc(C(=O)O)c(OC)c3)C(=O)[C@H]2[C@@H]1c1cccc(Cl)c1F. The maximum atomic E-state index is 16.1. The van der Waals surface area contributed by atoms with Crippen LogP contribution in [0.3, 0.4) is 0 Å². The normalized spacial score (nSPS) is 23.9. The molecule has 7 nitrogen and oxygen atoms in total. The lowest BCUT2D eigenvalue weighted by molar-refractivity contribution is -0.119. The molecule has 232 valence electrons. The number of aromatic carboxylic acids is 1. The molecule has 3 aromatic rings. The van der Waals surface area contributed by atoms with Gasteiger partial charge in [0.05, 0.1) is 30.3 Å². The van der Waals surface area contributed by atoms with Gasteiger partial charge in [-0.3, -0.25) is 19.6 Å². The summed E-state index contributed by atoms with van der Waals surface area (Å²) in [6.07, 6.45) is 2.13. The number of benzene rings is 3. The average Bonchev–Trinajstić information content (AvgIpc) is 3.41. The lowest BCUT2D eigenvalue weighted by Gasteiger charge is -2.42. The lowest BCUT2D eigenvalue weighted by Crippen LogP contribution is -2.50. The van der Waals surface area contributed by atoms with Crippen LogP contribution in [-0.4, -0.2) is 61.0 Å². The first-order valence-corrected chi connectivity index (χ1v) is 14.8. The summed E-state index contributed by atoms with van der Waals surface area (Å²) in [6, 6.07) is 11.9. The van der Waals surface area contributed by atoms with Crippen molar-refractivity contribution in [2.45, 2.75) is 50.6 Å². The van der Waals surface area contributed by atoms with Gasteiger partial charge < -0.3 is 9.84 Å². The number of amides is 1. The van der Waals surface area contributed by atoms with Gasteiger partial charge in [-0.1, -0.05) is 62.2 Å². The quantitative estimate of drug-likeness (QED) is 0.276. The number of carbonyl (C=O) groups is 2. The van der Waals surface area contributed by atoms with E-state index in [2.05, 4.69) is 4.99 Å². The number of rotatable bonds is 7. The Labute approximate surface area is 265 Å². The first-order valence-electron chi connectivity index (χ1n) is 14.1. The second-order valence-corrected chi connectivity index (χ2v) is 13.2. The van der Waals surface area contributed by atoms with Crippen LogP contribution in [0.25, 0.3) is 0 Å². The van der Waals surface area contributed by atoms with Gasteiger partial charge in [0.15, 0.2) is 0 Å². The number of hydrogen-bond donors (Lipinski definition) is 1. The van der Waals surface area contributed by atoms with Crippen molar-refractivity contribution in [3.05, 3.63) is 93.0 Å². The summed E-state index contributed by atoms with van der Waals surface area (Å²) in [7, 11) is 2.93. The molecule has 0 saturated carbocycles. The van der Waals surface area contributed by atoms with E-state index in [4.69, 9.17) is 27.9 Å². The first-order chi connectivity index (χ1) is 20.7. The number of fused-ring (bicyclic) bond motifs is 1. The molecule has 0 aliphatic carbocycles. The minimum Gasteiger partial charge on any atom is -0.496 e. The van der Waals surface area contributed by atoms with Crippen LogP contribution in [0.4, 0.5) is 14.5 Å². The second kappa shape index (κ2) is 11.8. The van der Waals surface area contributed by atoms with Crippen molar-refractivity contribution in [2.24, 2.45) is 10.4 Å². The molecule has 5 rings (SSSR count). The number of nitrogens with zero attached hydrogens (tertiary/aromatic N) is 3. The number of carboxylic acid groups (broad SMARTS) is 1. The molecule has 3 aromatic carbocycles. The Hall–Kier alpha value is -3.53. The molecule has 2 aliphatic rings.